The first-order valence-corrected chi connectivity index (χ1v) is 9.07. The van der Waals surface area contributed by atoms with Gasteiger partial charge in [0.2, 0.25) is 0 Å². The first kappa shape index (κ1) is 18.6. The van der Waals surface area contributed by atoms with Crippen molar-refractivity contribution in [2.45, 2.75) is 37.9 Å². The molecule has 1 aliphatic rings. The molecule has 3 nitrogen and oxygen atoms in total. The molecule has 0 spiro atoms. The number of rotatable bonds is 9. The Labute approximate surface area is 155 Å². The van der Waals surface area contributed by atoms with Crippen LogP contribution >= 0.6 is 0 Å². The monoisotopic (exact) mass is 350 g/mol. The van der Waals surface area contributed by atoms with Gasteiger partial charge in [-0.3, -0.25) is 0 Å². The van der Waals surface area contributed by atoms with E-state index in [0.717, 1.165) is 17.5 Å². The van der Waals surface area contributed by atoms with E-state index in [-0.39, 0.29) is 18.3 Å². The summed E-state index contributed by atoms with van der Waals surface area (Å²) in [6.45, 7) is 5.42. The van der Waals surface area contributed by atoms with Crippen LogP contribution in [0, 0.1) is 0 Å². The zero-order valence-electron chi connectivity index (χ0n) is 15.0. The molecule has 3 rings (SSSR count). The van der Waals surface area contributed by atoms with E-state index < -0.39 is 0 Å². The Morgan fingerprint density at radius 1 is 0.885 bits per heavy atom. The molecule has 0 N–H and O–H groups in total. The summed E-state index contributed by atoms with van der Waals surface area (Å²) in [6, 6.07) is 20.3. The third-order valence-corrected chi connectivity index (χ3v) is 4.31. The Morgan fingerprint density at radius 3 is 2.19 bits per heavy atom. The molecule has 3 atom stereocenters. The molecule has 0 aromatic heterocycles. The number of hydrogen-bond donors (Lipinski definition) is 0. The van der Waals surface area contributed by atoms with Crippen LogP contribution in [0.3, 0.4) is 0 Å². The summed E-state index contributed by atoms with van der Waals surface area (Å²) in [7, 11) is 0. The maximum atomic E-state index is 6.16. The van der Waals surface area contributed by atoms with Crippen molar-refractivity contribution in [3.63, 3.8) is 0 Å². The average molecular weight is 350 g/mol. The highest BCUT2D eigenvalue weighted by Crippen LogP contribution is 2.20. The quantitative estimate of drug-likeness (QED) is 0.614. The van der Waals surface area contributed by atoms with E-state index in [1.54, 1.807) is 0 Å². The first-order valence-electron chi connectivity index (χ1n) is 9.07. The fraction of sp³-hybridized carbons (Fsp3) is 0.304. The summed E-state index contributed by atoms with van der Waals surface area (Å²) >= 11 is 0. The molecule has 0 bridgehead atoms. The second-order valence-electron chi connectivity index (χ2n) is 6.38. The normalized spacial score (nSPS) is 22.2. The maximum absolute atomic E-state index is 6.16. The van der Waals surface area contributed by atoms with Crippen molar-refractivity contribution in [3.05, 3.63) is 96.6 Å². The molecule has 136 valence electrons. The summed E-state index contributed by atoms with van der Waals surface area (Å²) in [4.78, 5) is 0. The standard InChI is InChI=1S/C23H26O3/c1-2-9-21-14-15-22(25-17-20-12-7-4-8-13-20)23(26-21)18-24-16-19-10-5-3-6-11-19/h2-8,10-15,21-23H,1,9,16-18H2/t21?,22-,23+/m0/s1. The highest BCUT2D eigenvalue weighted by molar-refractivity contribution is 5.14. The molecule has 0 saturated heterocycles. The van der Waals surface area contributed by atoms with Gasteiger partial charge >= 0.3 is 0 Å². The van der Waals surface area contributed by atoms with Crippen molar-refractivity contribution >= 4 is 0 Å². The number of ether oxygens (including phenoxy) is 3. The third kappa shape index (κ3) is 5.67. The predicted molar refractivity (Wildman–Crippen MR) is 104 cm³/mol. The predicted octanol–water partition coefficient (Wildman–Crippen LogP) is 4.69. The van der Waals surface area contributed by atoms with Gasteiger partial charge < -0.3 is 14.2 Å². The van der Waals surface area contributed by atoms with Crippen LogP contribution in [0.25, 0.3) is 0 Å². The lowest BCUT2D eigenvalue weighted by molar-refractivity contribution is -0.118. The van der Waals surface area contributed by atoms with Crippen molar-refractivity contribution in [1.29, 1.82) is 0 Å². The van der Waals surface area contributed by atoms with E-state index in [0.29, 0.717) is 19.8 Å². The Morgan fingerprint density at radius 2 is 1.54 bits per heavy atom. The fourth-order valence-corrected chi connectivity index (χ4v) is 2.93. The van der Waals surface area contributed by atoms with Gasteiger partial charge in [0.1, 0.15) is 12.2 Å². The molecule has 0 fully saturated rings. The van der Waals surface area contributed by atoms with Gasteiger partial charge in [0.05, 0.1) is 25.9 Å². The second-order valence-corrected chi connectivity index (χ2v) is 6.38. The topological polar surface area (TPSA) is 27.7 Å². The highest BCUT2D eigenvalue weighted by atomic mass is 16.6. The van der Waals surface area contributed by atoms with E-state index in [1.165, 1.54) is 0 Å². The minimum absolute atomic E-state index is 0.0365. The van der Waals surface area contributed by atoms with Crippen LogP contribution in [0.1, 0.15) is 17.5 Å². The molecule has 0 radical (unpaired) electrons. The van der Waals surface area contributed by atoms with Crippen LogP contribution in [0.2, 0.25) is 0 Å². The third-order valence-electron chi connectivity index (χ3n) is 4.31. The van der Waals surface area contributed by atoms with Crippen molar-refractivity contribution in [3.8, 4) is 0 Å². The molecule has 1 unspecified atom stereocenters. The van der Waals surface area contributed by atoms with Gasteiger partial charge in [-0.2, -0.15) is 0 Å². The Balaban J connectivity index is 1.56. The summed E-state index contributed by atoms with van der Waals surface area (Å²) in [5, 5.41) is 0. The van der Waals surface area contributed by atoms with E-state index in [1.807, 2.05) is 42.5 Å². The van der Waals surface area contributed by atoms with Gasteiger partial charge in [-0.05, 0) is 17.5 Å². The maximum Gasteiger partial charge on any atom is 0.111 e. The van der Waals surface area contributed by atoms with E-state index in [2.05, 4.69) is 43.0 Å². The molecule has 2 aromatic rings. The van der Waals surface area contributed by atoms with Crippen molar-refractivity contribution < 1.29 is 14.2 Å². The van der Waals surface area contributed by atoms with Gasteiger partial charge in [-0.15, -0.1) is 6.58 Å². The van der Waals surface area contributed by atoms with E-state index >= 15 is 0 Å². The first-order chi connectivity index (χ1) is 12.8. The molecule has 2 aromatic carbocycles. The van der Waals surface area contributed by atoms with Crippen LogP contribution in [0.15, 0.2) is 85.5 Å². The summed E-state index contributed by atoms with van der Waals surface area (Å²) in [5.41, 5.74) is 2.31. The fourth-order valence-electron chi connectivity index (χ4n) is 2.93. The molecular formula is C23H26O3. The minimum atomic E-state index is -0.127. The van der Waals surface area contributed by atoms with Crippen molar-refractivity contribution in [1.82, 2.24) is 0 Å². The molecule has 26 heavy (non-hydrogen) atoms. The van der Waals surface area contributed by atoms with Gasteiger partial charge in [-0.1, -0.05) is 78.9 Å². The van der Waals surface area contributed by atoms with E-state index in [9.17, 15) is 0 Å². The summed E-state index contributed by atoms with van der Waals surface area (Å²) in [5.74, 6) is 0. The minimum Gasteiger partial charge on any atom is -0.374 e. The van der Waals surface area contributed by atoms with Crippen LogP contribution in [0.5, 0.6) is 0 Å². The Kier molecular flexibility index (Phi) is 7.20. The van der Waals surface area contributed by atoms with Gasteiger partial charge in [0, 0.05) is 0 Å². The lowest BCUT2D eigenvalue weighted by atomic mass is 10.1. The van der Waals surface area contributed by atoms with Crippen molar-refractivity contribution in [2.24, 2.45) is 0 Å². The smallest absolute Gasteiger partial charge is 0.111 e. The Bertz CT molecular complexity index is 681. The zero-order chi connectivity index (χ0) is 18.0. The lowest BCUT2D eigenvalue weighted by Gasteiger charge is -2.32. The van der Waals surface area contributed by atoms with Gasteiger partial charge in [0.25, 0.3) is 0 Å². The molecular weight excluding hydrogens is 324 g/mol. The van der Waals surface area contributed by atoms with Crippen LogP contribution in [-0.4, -0.2) is 24.9 Å². The van der Waals surface area contributed by atoms with Crippen LogP contribution in [0.4, 0.5) is 0 Å². The molecule has 0 amide bonds. The molecule has 1 aliphatic heterocycles. The SMILES string of the molecule is C=CCC1C=C[C@H](OCc2ccccc2)[C@@H](COCc2ccccc2)O1. The molecule has 0 aliphatic carbocycles. The molecule has 1 heterocycles. The molecule has 0 saturated carbocycles. The summed E-state index contributed by atoms with van der Waals surface area (Å²) < 4.78 is 18.2. The van der Waals surface area contributed by atoms with Crippen molar-refractivity contribution in [2.75, 3.05) is 6.61 Å². The van der Waals surface area contributed by atoms with Gasteiger partial charge in [-0.25, -0.2) is 0 Å². The highest BCUT2D eigenvalue weighted by Gasteiger charge is 2.27. The average Bonchev–Trinajstić information content (AvgIpc) is 2.69. The van der Waals surface area contributed by atoms with Crippen LogP contribution < -0.4 is 0 Å². The van der Waals surface area contributed by atoms with Crippen LogP contribution in [-0.2, 0) is 27.4 Å². The number of hydrogen-bond acceptors (Lipinski definition) is 3. The molecule has 3 heteroatoms. The zero-order valence-corrected chi connectivity index (χ0v) is 15.0. The van der Waals surface area contributed by atoms with Gasteiger partial charge in [0.15, 0.2) is 0 Å². The largest absolute Gasteiger partial charge is 0.374 e. The Hall–Kier alpha value is -2.20. The lowest BCUT2D eigenvalue weighted by Crippen LogP contribution is -2.40. The number of benzene rings is 2. The van der Waals surface area contributed by atoms with E-state index in [4.69, 9.17) is 14.2 Å². The summed E-state index contributed by atoms with van der Waals surface area (Å²) in [6.07, 6.45) is 6.61. The second kappa shape index (κ2) is 10.1.